The molecule has 0 aromatic heterocycles. The van der Waals surface area contributed by atoms with Crippen molar-refractivity contribution < 1.29 is 56.2 Å². The van der Waals surface area contributed by atoms with E-state index < -0.39 is 59.8 Å². The Kier molecular flexibility index (Phi) is 37.2. The summed E-state index contributed by atoms with van der Waals surface area (Å²) in [7, 11) is -5.07. The summed E-state index contributed by atoms with van der Waals surface area (Å²) in [5, 5.41) is 30.7. The van der Waals surface area contributed by atoms with Gasteiger partial charge in [-0.3, -0.25) is 9.35 Å². The lowest BCUT2D eigenvalue weighted by molar-refractivity contribution is -0.301. The number of ether oxygens (including phenoxy) is 4. The van der Waals surface area contributed by atoms with Gasteiger partial charge >= 0.3 is 16.4 Å². The monoisotopic (exact) mass is 897 g/mol. The number of aliphatic hydroxyl groups excluding tert-OH is 3. The van der Waals surface area contributed by atoms with Gasteiger partial charge in [-0.25, -0.2) is 4.18 Å². The summed E-state index contributed by atoms with van der Waals surface area (Å²) >= 11 is 0. The molecule has 13 heteroatoms. The molecule has 6 atom stereocenters. The Morgan fingerprint density at radius 2 is 1.11 bits per heavy atom. The van der Waals surface area contributed by atoms with Crippen molar-refractivity contribution in [1.82, 2.24) is 0 Å². The number of hydrogen-bond donors (Lipinski definition) is 4. The Labute approximate surface area is 375 Å². The lowest BCUT2D eigenvalue weighted by atomic mass is 9.99. The zero-order valence-electron chi connectivity index (χ0n) is 38.2. The fraction of sp³-hybridized carbons (Fsp3) is 0.735. The molecule has 0 bridgehead atoms. The molecule has 358 valence electrons. The molecule has 12 nitrogen and oxygen atoms in total. The molecule has 1 heterocycles. The average Bonchev–Trinajstić information content (AvgIpc) is 3.24. The number of rotatable bonds is 40. The highest BCUT2D eigenvalue weighted by atomic mass is 32.3. The fourth-order valence-corrected chi connectivity index (χ4v) is 7.25. The van der Waals surface area contributed by atoms with Crippen LogP contribution in [0.1, 0.15) is 168 Å². The Bertz CT molecular complexity index is 1360. The number of aliphatic hydroxyl groups is 3. The molecule has 1 rings (SSSR count). The summed E-state index contributed by atoms with van der Waals surface area (Å²) in [6, 6.07) is 0. The van der Waals surface area contributed by atoms with Crippen LogP contribution in [0.15, 0.2) is 72.9 Å². The summed E-state index contributed by atoms with van der Waals surface area (Å²) in [6.45, 7) is 3.79. The Balaban J connectivity index is 2.36. The molecule has 0 amide bonds. The van der Waals surface area contributed by atoms with Gasteiger partial charge in [0.1, 0.15) is 30.5 Å². The lowest BCUT2D eigenvalue weighted by Crippen LogP contribution is -2.60. The summed E-state index contributed by atoms with van der Waals surface area (Å²) in [5.41, 5.74) is 0. The molecule has 0 saturated carbocycles. The van der Waals surface area contributed by atoms with E-state index in [1.54, 1.807) is 0 Å². The van der Waals surface area contributed by atoms with Gasteiger partial charge in [-0.15, -0.1) is 0 Å². The molecule has 0 aromatic rings. The standard InChI is InChI=1S/C49H84O12S/c1-3-5-7-9-11-13-15-16-17-18-19-20-21-22-23-24-25-26-27-29-31-33-35-37-39-57-41-43(59-45(51)38-36-34-32-30-28-14-12-10-8-6-4-2)42-58-49-47(53)48(61-62(54,55)56)46(52)44(40-50)60-49/h5,7,10-13,16-17,19-20,22-23,43-44,46-50,52-53H,3-4,6,8-9,14-15,18,21,24-42H2,1-2H3,(H,54,55,56)/b7-5-,12-10-,13-11-,17-16-,20-19-,23-22-. The maximum Gasteiger partial charge on any atom is 0.397 e. The highest BCUT2D eigenvalue weighted by Gasteiger charge is 2.48. The number of carbonyl (C=O) groups excluding carboxylic acids is 1. The van der Waals surface area contributed by atoms with Crippen molar-refractivity contribution in [2.45, 2.75) is 205 Å². The second-order valence-corrected chi connectivity index (χ2v) is 17.0. The normalized spacial score (nSPS) is 20.6. The van der Waals surface area contributed by atoms with Crippen molar-refractivity contribution in [1.29, 1.82) is 0 Å². The fourth-order valence-electron chi connectivity index (χ4n) is 6.74. The number of carbonyl (C=O) groups is 1. The summed E-state index contributed by atoms with van der Waals surface area (Å²) in [4.78, 5) is 12.8. The van der Waals surface area contributed by atoms with E-state index in [0.717, 1.165) is 96.3 Å². The smallest absolute Gasteiger partial charge is 0.397 e. The van der Waals surface area contributed by atoms with Gasteiger partial charge < -0.3 is 34.3 Å². The number of esters is 1. The predicted octanol–water partition coefficient (Wildman–Crippen LogP) is 10.3. The van der Waals surface area contributed by atoms with Crippen LogP contribution in [0.5, 0.6) is 0 Å². The van der Waals surface area contributed by atoms with E-state index in [9.17, 15) is 28.5 Å². The first-order valence-electron chi connectivity index (χ1n) is 23.7. The van der Waals surface area contributed by atoms with Crippen LogP contribution in [0.2, 0.25) is 0 Å². The Morgan fingerprint density at radius 1 is 0.629 bits per heavy atom. The highest BCUT2D eigenvalue weighted by molar-refractivity contribution is 7.80. The first-order chi connectivity index (χ1) is 30.1. The number of unbranched alkanes of at least 4 members (excludes halogenated alkanes) is 15. The zero-order chi connectivity index (χ0) is 45.4. The molecular weight excluding hydrogens is 813 g/mol. The van der Waals surface area contributed by atoms with Crippen LogP contribution in [-0.2, 0) is 38.3 Å². The lowest BCUT2D eigenvalue weighted by Gasteiger charge is -2.41. The van der Waals surface area contributed by atoms with Crippen LogP contribution in [-0.4, -0.2) is 97.5 Å². The average molecular weight is 897 g/mol. The largest absolute Gasteiger partial charge is 0.457 e. The molecule has 6 unspecified atom stereocenters. The molecule has 0 radical (unpaired) electrons. The minimum atomic E-state index is -5.07. The van der Waals surface area contributed by atoms with E-state index in [2.05, 4.69) is 90.9 Å². The summed E-state index contributed by atoms with van der Waals surface area (Å²) in [6.07, 6.45) is 42.3. The van der Waals surface area contributed by atoms with Gasteiger partial charge in [-0.05, 0) is 77.0 Å². The number of hydrogen-bond acceptors (Lipinski definition) is 11. The quantitative estimate of drug-likeness (QED) is 0.0198. The summed E-state index contributed by atoms with van der Waals surface area (Å²) < 4.78 is 59.0. The van der Waals surface area contributed by atoms with Gasteiger partial charge in [0, 0.05) is 13.0 Å². The molecule has 1 aliphatic rings. The van der Waals surface area contributed by atoms with E-state index in [1.807, 2.05) is 0 Å². The van der Waals surface area contributed by atoms with Crippen molar-refractivity contribution >= 4 is 16.4 Å². The predicted molar refractivity (Wildman–Crippen MR) is 248 cm³/mol. The third-order valence-corrected chi connectivity index (χ3v) is 10.8. The van der Waals surface area contributed by atoms with E-state index >= 15 is 0 Å². The molecule has 0 aliphatic carbocycles. The van der Waals surface area contributed by atoms with Crippen molar-refractivity contribution in [3.63, 3.8) is 0 Å². The van der Waals surface area contributed by atoms with Gasteiger partial charge in [0.2, 0.25) is 0 Å². The van der Waals surface area contributed by atoms with Crippen molar-refractivity contribution in [2.75, 3.05) is 26.4 Å². The maximum atomic E-state index is 12.8. The molecule has 0 aromatic carbocycles. The highest BCUT2D eigenvalue weighted by Crippen LogP contribution is 2.26. The molecule has 1 saturated heterocycles. The SMILES string of the molecule is CC/C=C\C/C=C\C/C=C\C/C=C\C/C=C\CCCCCCCCCCOCC(COC1OC(CO)C(O)C(OS(=O)(=O)O)C1O)OC(=O)CCCCCCC/C=C\CCCC. The first-order valence-corrected chi connectivity index (χ1v) is 25.1. The molecular formula is C49H84O12S. The van der Waals surface area contributed by atoms with Gasteiger partial charge in [-0.1, -0.05) is 157 Å². The van der Waals surface area contributed by atoms with Gasteiger partial charge in [-0.2, -0.15) is 8.42 Å². The topological polar surface area (TPSA) is 178 Å². The molecule has 4 N–H and O–H groups in total. The number of allylic oxidation sites excluding steroid dienone is 12. The van der Waals surface area contributed by atoms with E-state index in [-0.39, 0.29) is 19.6 Å². The van der Waals surface area contributed by atoms with E-state index in [4.69, 9.17) is 23.5 Å². The zero-order valence-corrected chi connectivity index (χ0v) is 39.0. The Morgan fingerprint density at radius 3 is 1.65 bits per heavy atom. The van der Waals surface area contributed by atoms with Crippen LogP contribution in [0.4, 0.5) is 0 Å². The van der Waals surface area contributed by atoms with Crippen LogP contribution in [0, 0.1) is 0 Å². The third kappa shape index (κ3) is 33.1. The minimum absolute atomic E-state index is 0.0230. The van der Waals surface area contributed by atoms with Gasteiger partial charge in [0.15, 0.2) is 6.29 Å². The van der Waals surface area contributed by atoms with Crippen molar-refractivity contribution in [2.24, 2.45) is 0 Å². The van der Waals surface area contributed by atoms with Gasteiger partial charge in [0.25, 0.3) is 0 Å². The van der Waals surface area contributed by atoms with Crippen LogP contribution in [0.25, 0.3) is 0 Å². The minimum Gasteiger partial charge on any atom is -0.457 e. The van der Waals surface area contributed by atoms with Crippen molar-refractivity contribution in [3.8, 4) is 0 Å². The van der Waals surface area contributed by atoms with Crippen LogP contribution >= 0.6 is 0 Å². The van der Waals surface area contributed by atoms with Crippen LogP contribution < -0.4 is 0 Å². The second-order valence-electron chi connectivity index (χ2n) is 16.0. The molecule has 0 spiro atoms. The maximum absolute atomic E-state index is 12.8. The summed E-state index contributed by atoms with van der Waals surface area (Å²) in [5.74, 6) is -0.416. The molecule has 1 fully saturated rings. The first kappa shape index (κ1) is 57.6. The molecule has 1 aliphatic heterocycles. The van der Waals surface area contributed by atoms with Gasteiger partial charge in [0.05, 0.1) is 19.8 Å². The van der Waals surface area contributed by atoms with Crippen LogP contribution in [0.3, 0.4) is 0 Å². The van der Waals surface area contributed by atoms with Crippen molar-refractivity contribution in [3.05, 3.63) is 72.9 Å². The molecule has 62 heavy (non-hydrogen) atoms. The third-order valence-electron chi connectivity index (χ3n) is 10.3. The van der Waals surface area contributed by atoms with E-state index in [0.29, 0.717) is 13.0 Å². The second kappa shape index (κ2) is 40.1. The Hall–Kier alpha value is -2.46. The van der Waals surface area contributed by atoms with E-state index in [1.165, 1.54) is 44.9 Å².